The van der Waals surface area contributed by atoms with E-state index in [4.69, 9.17) is 18.7 Å². The van der Waals surface area contributed by atoms with Crippen LogP contribution in [0.4, 0.5) is 4.79 Å². The van der Waals surface area contributed by atoms with Crippen LogP contribution in [0.2, 0.25) is 0 Å². The van der Waals surface area contributed by atoms with Gasteiger partial charge in [0.25, 0.3) is 5.89 Å². The normalized spacial score (nSPS) is 26.2. The van der Waals surface area contributed by atoms with Gasteiger partial charge in [0.15, 0.2) is 5.82 Å². The summed E-state index contributed by atoms with van der Waals surface area (Å²) in [6.45, 7) is 6.87. The molecule has 6 rings (SSSR count). The highest BCUT2D eigenvalue weighted by atomic mass is 16.6. The zero-order valence-electron chi connectivity index (χ0n) is 29.4. The molecule has 4 unspecified atom stereocenters. The number of fused-ring (bicyclic) bond motifs is 3. The standard InChI is InChI=1S/C36H44N6O9/c1-20-37-31(51-41-20)27-17-29(24-14-13-22(48-5)15-26(24)38-27)49-23-16-28-30(43)40-36(33(45)46)18-21(36)11-9-7-6-8-10-12-25(32(44)42(28)19-23)39-34(47)50-35(2,3)4/h9,11,13-15,17,21,23,25,28H,6-8,10,12,16,18-19H2,1-5H3,(H,39,47)(H,40,43)(H,45,46)/b11-9-/t21?,23-,25?,28?,36?/m1/s1. The monoisotopic (exact) mass is 704 g/mol. The molecule has 3 aliphatic rings. The molecule has 2 aliphatic heterocycles. The molecule has 0 bridgehead atoms. The Morgan fingerprint density at radius 1 is 1.14 bits per heavy atom. The second kappa shape index (κ2) is 14.2. The van der Waals surface area contributed by atoms with Crippen LogP contribution in [0.1, 0.15) is 71.5 Å². The zero-order chi connectivity index (χ0) is 36.5. The number of carbonyl (C=O) groups excluding carboxylic acids is 3. The van der Waals surface area contributed by atoms with Gasteiger partial charge in [-0.05, 0) is 65.5 Å². The first kappa shape index (κ1) is 35.6. The largest absolute Gasteiger partial charge is 0.497 e. The van der Waals surface area contributed by atoms with E-state index in [1.165, 1.54) is 4.90 Å². The van der Waals surface area contributed by atoms with E-state index in [0.29, 0.717) is 46.8 Å². The van der Waals surface area contributed by atoms with Crippen LogP contribution in [-0.2, 0) is 19.1 Å². The summed E-state index contributed by atoms with van der Waals surface area (Å²) in [5, 5.41) is 20.2. The number of carboxylic acids is 1. The van der Waals surface area contributed by atoms with Crippen LogP contribution >= 0.6 is 0 Å². The molecular formula is C36H44N6O9. The van der Waals surface area contributed by atoms with Crippen molar-refractivity contribution in [3.05, 3.63) is 42.2 Å². The summed E-state index contributed by atoms with van der Waals surface area (Å²) in [5.74, 6) is -1.02. The molecule has 3 N–H and O–H groups in total. The summed E-state index contributed by atoms with van der Waals surface area (Å²) in [7, 11) is 1.55. The van der Waals surface area contributed by atoms with Crippen molar-refractivity contribution in [3.8, 4) is 23.1 Å². The van der Waals surface area contributed by atoms with Crippen molar-refractivity contribution in [1.82, 2.24) is 30.7 Å². The van der Waals surface area contributed by atoms with Gasteiger partial charge in [0, 0.05) is 29.9 Å². The van der Waals surface area contributed by atoms with E-state index in [2.05, 4.69) is 25.8 Å². The van der Waals surface area contributed by atoms with E-state index in [0.717, 1.165) is 19.3 Å². The molecule has 1 aliphatic carbocycles. The van der Waals surface area contributed by atoms with Crippen LogP contribution in [-0.4, -0.2) is 92.0 Å². The summed E-state index contributed by atoms with van der Waals surface area (Å²) < 4.78 is 22.9. The topological polar surface area (TPSA) is 195 Å². The predicted molar refractivity (Wildman–Crippen MR) is 183 cm³/mol. The van der Waals surface area contributed by atoms with E-state index >= 15 is 0 Å². The number of pyridine rings is 1. The summed E-state index contributed by atoms with van der Waals surface area (Å²) in [6.07, 6.45) is 5.96. The first-order chi connectivity index (χ1) is 24.3. The van der Waals surface area contributed by atoms with Crippen molar-refractivity contribution >= 4 is 34.8 Å². The highest BCUT2D eigenvalue weighted by Crippen LogP contribution is 2.45. The molecule has 0 radical (unpaired) electrons. The molecule has 1 aromatic carbocycles. The number of hydrogen-bond acceptors (Lipinski definition) is 11. The summed E-state index contributed by atoms with van der Waals surface area (Å²) in [6, 6.07) is 4.89. The number of ether oxygens (including phenoxy) is 3. The van der Waals surface area contributed by atoms with Gasteiger partial charge in [-0.25, -0.2) is 14.6 Å². The second-order valence-electron chi connectivity index (χ2n) is 14.4. The fourth-order valence-corrected chi connectivity index (χ4v) is 6.69. The van der Waals surface area contributed by atoms with Gasteiger partial charge < -0.3 is 39.4 Å². The molecular weight excluding hydrogens is 660 g/mol. The average molecular weight is 705 g/mol. The van der Waals surface area contributed by atoms with Crippen molar-refractivity contribution < 1.29 is 43.0 Å². The highest BCUT2D eigenvalue weighted by molar-refractivity contribution is 5.96. The number of aryl methyl sites for hydroxylation is 1. The van der Waals surface area contributed by atoms with Crippen LogP contribution in [0, 0.1) is 12.8 Å². The lowest BCUT2D eigenvalue weighted by molar-refractivity contribution is -0.145. The van der Waals surface area contributed by atoms with E-state index in [1.54, 1.807) is 59.1 Å². The third kappa shape index (κ3) is 7.92. The Balaban J connectivity index is 1.34. The van der Waals surface area contributed by atoms with Gasteiger partial charge in [0.1, 0.15) is 46.5 Å². The lowest BCUT2D eigenvalue weighted by Gasteiger charge is -2.30. The molecule has 0 spiro atoms. The smallest absolute Gasteiger partial charge is 0.408 e. The maximum Gasteiger partial charge on any atom is 0.408 e. The first-order valence-electron chi connectivity index (χ1n) is 17.2. The molecule has 15 nitrogen and oxygen atoms in total. The number of aliphatic carboxylic acids is 1. The van der Waals surface area contributed by atoms with E-state index in [9.17, 15) is 24.3 Å². The van der Waals surface area contributed by atoms with E-state index in [1.807, 2.05) is 12.2 Å². The third-order valence-electron chi connectivity index (χ3n) is 9.33. The SMILES string of the molecule is COc1ccc2c(O[C@@H]3CC4C(=O)NC5(C(=O)O)CC5/C=C\CCCCCC(NC(=O)OC(C)(C)C)C(=O)N4C3)cc(-c3nc(C)no3)nc2c1. The average Bonchev–Trinajstić information content (AvgIpc) is 3.34. The minimum Gasteiger partial charge on any atom is -0.497 e. The van der Waals surface area contributed by atoms with Crippen molar-refractivity contribution in [2.75, 3.05) is 13.7 Å². The number of rotatable bonds is 6. The number of methoxy groups -OCH3 is 1. The van der Waals surface area contributed by atoms with Gasteiger partial charge in [-0.3, -0.25) is 9.59 Å². The van der Waals surface area contributed by atoms with Gasteiger partial charge in [0.2, 0.25) is 11.8 Å². The molecule has 272 valence electrons. The zero-order valence-corrected chi connectivity index (χ0v) is 29.4. The number of carboxylic acid groups (broad SMARTS) is 1. The maximum absolute atomic E-state index is 14.4. The van der Waals surface area contributed by atoms with Crippen LogP contribution < -0.4 is 20.1 Å². The number of hydrogen-bond donors (Lipinski definition) is 3. The number of aromatic nitrogens is 3. The molecule has 2 fully saturated rings. The number of alkyl carbamates (subject to hydrolysis) is 1. The summed E-state index contributed by atoms with van der Waals surface area (Å²) >= 11 is 0. The first-order valence-corrected chi connectivity index (χ1v) is 17.2. The third-order valence-corrected chi connectivity index (χ3v) is 9.33. The minimum absolute atomic E-state index is 0.0121. The second-order valence-corrected chi connectivity index (χ2v) is 14.4. The Morgan fingerprint density at radius 2 is 1.94 bits per heavy atom. The Morgan fingerprint density at radius 3 is 2.65 bits per heavy atom. The van der Waals surface area contributed by atoms with Gasteiger partial charge in [0.05, 0.1) is 19.2 Å². The Kier molecular flexibility index (Phi) is 9.91. The number of benzene rings is 1. The Labute approximate surface area is 295 Å². The van der Waals surface area contributed by atoms with Crippen molar-refractivity contribution in [2.45, 2.75) is 102 Å². The lowest BCUT2D eigenvalue weighted by Crippen LogP contribution is -2.56. The molecule has 1 saturated carbocycles. The molecule has 15 heteroatoms. The molecule has 1 saturated heterocycles. The molecule has 4 heterocycles. The Bertz CT molecular complexity index is 1850. The number of nitrogens with zero attached hydrogens (tertiary/aromatic N) is 4. The van der Waals surface area contributed by atoms with Gasteiger partial charge in [-0.15, -0.1) is 0 Å². The molecule has 5 atom stereocenters. The minimum atomic E-state index is -1.47. The van der Waals surface area contributed by atoms with Crippen LogP contribution in [0.5, 0.6) is 11.5 Å². The molecule has 3 aromatic rings. The van der Waals surface area contributed by atoms with Crippen molar-refractivity contribution in [1.29, 1.82) is 0 Å². The number of carbonyl (C=O) groups is 4. The quantitative estimate of drug-likeness (QED) is 0.308. The molecule has 2 aromatic heterocycles. The molecule has 3 amide bonds. The number of amides is 3. The van der Waals surface area contributed by atoms with Crippen molar-refractivity contribution in [2.24, 2.45) is 5.92 Å². The molecule has 51 heavy (non-hydrogen) atoms. The van der Waals surface area contributed by atoms with Crippen LogP contribution in [0.15, 0.2) is 40.9 Å². The summed E-state index contributed by atoms with van der Waals surface area (Å²) in [5.41, 5.74) is -1.38. The van der Waals surface area contributed by atoms with Crippen molar-refractivity contribution in [3.63, 3.8) is 0 Å². The van der Waals surface area contributed by atoms with Gasteiger partial charge in [-0.2, -0.15) is 4.98 Å². The number of nitrogens with one attached hydrogen (secondary N) is 2. The fourth-order valence-electron chi connectivity index (χ4n) is 6.69. The highest BCUT2D eigenvalue weighted by Gasteiger charge is 2.61. The maximum atomic E-state index is 14.4. The van der Waals surface area contributed by atoms with E-state index < -0.39 is 53.2 Å². The van der Waals surface area contributed by atoms with E-state index in [-0.39, 0.29) is 31.2 Å². The fraction of sp³-hybridized carbons (Fsp3) is 0.528. The van der Waals surface area contributed by atoms with Crippen LogP contribution in [0.25, 0.3) is 22.5 Å². The van der Waals surface area contributed by atoms with Gasteiger partial charge in [-0.1, -0.05) is 30.2 Å². The number of allylic oxidation sites excluding steroid dienone is 1. The van der Waals surface area contributed by atoms with Gasteiger partial charge >= 0.3 is 12.1 Å². The Hall–Kier alpha value is -5.21. The lowest BCUT2D eigenvalue weighted by atomic mass is 10.0. The summed E-state index contributed by atoms with van der Waals surface area (Å²) in [4.78, 5) is 64.2. The predicted octanol–water partition coefficient (Wildman–Crippen LogP) is 4.32. The van der Waals surface area contributed by atoms with Crippen LogP contribution in [0.3, 0.4) is 0 Å².